The first-order valence-corrected chi connectivity index (χ1v) is 6.32. The van der Waals surface area contributed by atoms with E-state index in [4.69, 9.17) is 9.47 Å². The maximum atomic E-state index is 9.81. The lowest BCUT2D eigenvalue weighted by Gasteiger charge is -2.30. The molecule has 0 aromatic heterocycles. The molecule has 2 aliphatic rings. The van der Waals surface area contributed by atoms with Gasteiger partial charge in [-0.3, -0.25) is 0 Å². The Morgan fingerprint density at radius 2 is 2.06 bits per heavy atom. The predicted octanol–water partition coefficient (Wildman–Crippen LogP) is 1.74. The minimum Gasteiger partial charge on any atom is -0.388 e. The number of hydrogen-bond donors (Lipinski definition) is 1. The second kappa shape index (κ2) is 4.77. The van der Waals surface area contributed by atoms with E-state index in [1.54, 1.807) is 0 Å². The maximum Gasteiger partial charge on any atom is 0.183 e. The van der Waals surface area contributed by atoms with Gasteiger partial charge in [-0.25, -0.2) is 0 Å². The van der Waals surface area contributed by atoms with Crippen molar-refractivity contribution < 1.29 is 14.6 Å². The largest absolute Gasteiger partial charge is 0.388 e. The standard InChI is InChI=1S/C14H18O3/c15-12-8-11(13-9-16-14(12)17-13)7-6-10-4-2-1-3-5-10/h1-5,11-15H,6-9H2/t11-,12+,13+,14+/m0/s1. The first-order valence-electron chi connectivity index (χ1n) is 6.32. The topological polar surface area (TPSA) is 38.7 Å². The van der Waals surface area contributed by atoms with Gasteiger partial charge in [0.2, 0.25) is 0 Å². The number of ether oxygens (including phenoxy) is 2. The molecule has 1 N–H and O–H groups in total. The van der Waals surface area contributed by atoms with Crippen LogP contribution < -0.4 is 0 Å². The summed E-state index contributed by atoms with van der Waals surface area (Å²) in [7, 11) is 0. The number of benzene rings is 1. The Labute approximate surface area is 101 Å². The quantitative estimate of drug-likeness (QED) is 0.865. The van der Waals surface area contributed by atoms with Crippen molar-refractivity contribution >= 4 is 0 Å². The van der Waals surface area contributed by atoms with Gasteiger partial charge in [-0.15, -0.1) is 0 Å². The highest BCUT2D eigenvalue weighted by Gasteiger charge is 2.42. The number of rotatable bonds is 3. The smallest absolute Gasteiger partial charge is 0.183 e. The third-order valence-electron chi connectivity index (χ3n) is 3.76. The third-order valence-corrected chi connectivity index (χ3v) is 3.76. The summed E-state index contributed by atoms with van der Waals surface area (Å²) in [5, 5.41) is 9.81. The normalized spacial score (nSPS) is 36.1. The van der Waals surface area contributed by atoms with E-state index in [0.717, 1.165) is 19.3 Å². The van der Waals surface area contributed by atoms with Gasteiger partial charge in [0.1, 0.15) is 6.10 Å². The van der Waals surface area contributed by atoms with Crippen LogP contribution in [0.5, 0.6) is 0 Å². The Balaban J connectivity index is 1.58. The van der Waals surface area contributed by atoms with Crippen LogP contribution >= 0.6 is 0 Å². The van der Waals surface area contributed by atoms with Crippen molar-refractivity contribution in [2.24, 2.45) is 5.92 Å². The fourth-order valence-electron chi connectivity index (χ4n) is 2.76. The van der Waals surface area contributed by atoms with Gasteiger partial charge in [0, 0.05) is 0 Å². The molecule has 1 aromatic rings. The van der Waals surface area contributed by atoms with E-state index in [2.05, 4.69) is 24.3 Å². The summed E-state index contributed by atoms with van der Waals surface area (Å²) in [4.78, 5) is 0. The molecule has 4 atom stereocenters. The summed E-state index contributed by atoms with van der Waals surface area (Å²) in [5.41, 5.74) is 1.35. The van der Waals surface area contributed by atoms with Crippen LogP contribution in [0.15, 0.2) is 30.3 Å². The predicted molar refractivity (Wildman–Crippen MR) is 63.5 cm³/mol. The summed E-state index contributed by atoms with van der Waals surface area (Å²) < 4.78 is 11.0. The van der Waals surface area contributed by atoms with Crippen molar-refractivity contribution in [3.63, 3.8) is 0 Å². The van der Waals surface area contributed by atoms with Gasteiger partial charge in [-0.1, -0.05) is 30.3 Å². The zero-order chi connectivity index (χ0) is 11.7. The minimum atomic E-state index is -0.450. The number of hydrogen-bond acceptors (Lipinski definition) is 3. The lowest BCUT2D eigenvalue weighted by atomic mass is 9.88. The van der Waals surface area contributed by atoms with Gasteiger partial charge in [-0.2, -0.15) is 0 Å². The Kier molecular flexibility index (Phi) is 3.14. The van der Waals surface area contributed by atoms with Gasteiger partial charge in [0.05, 0.1) is 12.7 Å². The molecule has 0 radical (unpaired) electrons. The molecule has 92 valence electrons. The van der Waals surface area contributed by atoms with E-state index in [1.807, 2.05) is 6.07 Å². The first kappa shape index (κ1) is 11.2. The summed E-state index contributed by atoms with van der Waals surface area (Å²) in [5.74, 6) is 0.420. The second-order valence-corrected chi connectivity index (χ2v) is 4.96. The van der Waals surface area contributed by atoms with Gasteiger partial charge in [0.25, 0.3) is 0 Å². The van der Waals surface area contributed by atoms with E-state index in [9.17, 15) is 5.11 Å². The fourth-order valence-corrected chi connectivity index (χ4v) is 2.76. The van der Waals surface area contributed by atoms with E-state index in [1.165, 1.54) is 5.56 Å². The number of fused-ring (bicyclic) bond motifs is 2. The summed E-state index contributed by atoms with van der Waals surface area (Å²) in [6.45, 7) is 0.640. The maximum absolute atomic E-state index is 9.81. The first-order chi connectivity index (χ1) is 8.33. The van der Waals surface area contributed by atoms with Crippen LogP contribution in [-0.4, -0.2) is 30.2 Å². The van der Waals surface area contributed by atoms with Gasteiger partial charge < -0.3 is 14.6 Å². The molecule has 0 amide bonds. The monoisotopic (exact) mass is 234 g/mol. The average molecular weight is 234 g/mol. The summed E-state index contributed by atoms with van der Waals surface area (Å²) in [6, 6.07) is 10.5. The molecular formula is C14H18O3. The molecule has 3 nitrogen and oxygen atoms in total. The van der Waals surface area contributed by atoms with Crippen LogP contribution in [0.3, 0.4) is 0 Å². The van der Waals surface area contributed by atoms with Crippen LogP contribution in [0, 0.1) is 5.92 Å². The highest BCUT2D eigenvalue weighted by atomic mass is 16.7. The summed E-state index contributed by atoms with van der Waals surface area (Å²) >= 11 is 0. The molecular weight excluding hydrogens is 216 g/mol. The minimum absolute atomic E-state index is 0.187. The van der Waals surface area contributed by atoms with E-state index in [0.29, 0.717) is 12.5 Å². The van der Waals surface area contributed by atoms with Crippen molar-refractivity contribution in [3.05, 3.63) is 35.9 Å². The molecule has 2 heterocycles. The molecule has 3 rings (SSSR count). The molecule has 2 bridgehead atoms. The Hall–Kier alpha value is -0.900. The molecule has 0 aliphatic carbocycles. The summed E-state index contributed by atoms with van der Waals surface area (Å²) in [6.07, 6.45) is 2.28. The van der Waals surface area contributed by atoms with Crippen molar-refractivity contribution in [3.8, 4) is 0 Å². The van der Waals surface area contributed by atoms with Gasteiger partial charge >= 0.3 is 0 Å². The highest BCUT2D eigenvalue weighted by molar-refractivity contribution is 5.14. The molecule has 2 saturated heterocycles. The average Bonchev–Trinajstić information content (AvgIpc) is 2.80. The lowest BCUT2D eigenvalue weighted by molar-refractivity contribution is -0.168. The molecule has 17 heavy (non-hydrogen) atoms. The van der Waals surface area contributed by atoms with Crippen LogP contribution in [0.1, 0.15) is 18.4 Å². The van der Waals surface area contributed by atoms with Crippen molar-refractivity contribution in [1.82, 2.24) is 0 Å². The molecule has 2 fully saturated rings. The lowest BCUT2D eigenvalue weighted by Crippen LogP contribution is -2.38. The molecule has 2 aliphatic heterocycles. The zero-order valence-electron chi connectivity index (χ0n) is 9.79. The Morgan fingerprint density at radius 1 is 1.24 bits per heavy atom. The SMILES string of the molecule is O[C@@H]1C[C@H](CCc2ccccc2)[C@H]2CO[C@@H]1O2. The van der Waals surface area contributed by atoms with E-state index < -0.39 is 6.10 Å². The molecule has 0 spiro atoms. The van der Waals surface area contributed by atoms with Crippen molar-refractivity contribution in [2.45, 2.75) is 37.8 Å². The van der Waals surface area contributed by atoms with Crippen molar-refractivity contribution in [2.75, 3.05) is 6.61 Å². The fraction of sp³-hybridized carbons (Fsp3) is 0.571. The van der Waals surface area contributed by atoms with Crippen LogP contribution in [0.4, 0.5) is 0 Å². The third kappa shape index (κ3) is 2.37. The van der Waals surface area contributed by atoms with Crippen LogP contribution in [0.2, 0.25) is 0 Å². The number of aliphatic hydroxyl groups is 1. The molecule has 0 saturated carbocycles. The molecule has 3 heteroatoms. The van der Waals surface area contributed by atoms with Crippen molar-refractivity contribution in [1.29, 1.82) is 0 Å². The number of aliphatic hydroxyl groups excluding tert-OH is 1. The Morgan fingerprint density at radius 3 is 2.88 bits per heavy atom. The molecule has 0 unspecified atom stereocenters. The zero-order valence-corrected chi connectivity index (χ0v) is 9.79. The van der Waals surface area contributed by atoms with E-state index >= 15 is 0 Å². The molecule has 1 aromatic carbocycles. The number of aryl methyl sites for hydroxylation is 1. The van der Waals surface area contributed by atoms with Crippen LogP contribution in [0.25, 0.3) is 0 Å². The van der Waals surface area contributed by atoms with Gasteiger partial charge in [0.15, 0.2) is 6.29 Å². The van der Waals surface area contributed by atoms with Gasteiger partial charge in [-0.05, 0) is 30.7 Å². The Bertz CT molecular complexity index is 365. The van der Waals surface area contributed by atoms with E-state index in [-0.39, 0.29) is 12.4 Å². The highest BCUT2D eigenvalue weighted by Crippen LogP contribution is 2.34. The van der Waals surface area contributed by atoms with Crippen LogP contribution in [-0.2, 0) is 15.9 Å². The second-order valence-electron chi connectivity index (χ2n) is 4.96.